The van der Waals surface area contributed by atoms with Crippen LogP contribution in [0.15, 0.2) is 29.4 Å². The van der Waals surface area contributed by atoms with Gasteiger partial charge in [0.05, 0.1) is 4.90 Å². The van der Waals surface area contributed by atoms with Gasteiger partial charge in [-0.2, -0.15) is 0 Å². The molecule has 4 heteroatoms. The summed E-state index contributed by atoms with van der Waals surface area (Å²) in [6, 6.07) is 3.11. The van der Waals surface area contributed by atoms with Gasteiger partial charge < -0.3 is 0 Å². The first-order valence-electron chi connectivity index (χ1n) is 2.71. The normalized spacial score (nSPS) is 11.3. The predicted molar refractivity (Wildman–Crippen MR) is 37.3 cm³/mol. The molecule has 1 rings (SSSR count). The number of hydrogen-bond acceptors (Lipinski definition) is 3. The summed E-state index contributed by atoms with van der Waals surface area (Å²) in [5.74, 6) is 0. The maximum Gasteiger partial charge on any atom is 0.177 e. The standard InChI is InChI=1S/C6H7NO2S/c1-10(8,9)6-3-2-4-7-5-6/h2-5H,1H3. The van der Waals surface area contributed by atoms with E-state index in [-0.39, 0.29) is 4.90 Å². The Labute approximate surface area is 59.6 Å². The number of pyridine rings is 1. The first-order valence-corrected chi connectivity index (χ1v) is 4.60. The molecule has 0 spiro atoms. The van der Waals surface area contributed by atoms with E-state index < -0.39 is 9.84 Å². The van der Waals surface area contributed by atoms with E-state index in [9.17, 15) is 8.42 Å². The van der Waals surface area contributed by atoms with Crippen LogP contribution in [0.25, 0.3) is 0 Å². The Hall–Kier alpha value is -0.900. The molecule has 0 aliphatic carbocycles. The fourth-order valence-corrected chi connectivity index (χ4v) is 1.14. The third-order valence-electron chi connectivity index (χ3n) is 1.06. The molecule has 0 aromatic carbocycles. The molecule has 0 bridgehead atoms. The Bertz CT molecular complexity index is 304. The van der Waals surface area contributed by atoms with E-state index in [1.807, 2.05) is 0 Å². The van der Waals surface area contributed by atoms with Gasteiger partial charge in [0.2, 0.25) is 0 Å². The van der Waals surface area contributed by atoms with Crippen LogP contribution in [-0.4, -0.2) is 19.7 Å². The van der Waals surface area contributed by atoms with Crippen molar-refractivity contribution in [3.8, 4) is 0 Å². The molecule has 0 aliphatic heterocycles. The average molecular weight is 157 g/mol. The molecule has 0 amide bonds. The van der Waals surface area contributed by atoms with E-state index in [2.05, 4.69) is 4.98 Å². The van der Waals surface area contributed by atoms with Gasteiger partial charge in [-0.3, -0.25) is 4.98 Å². The highest BCUT2D eigenvalue weighted by Crippen LogP contribution is 2.03. The van der Waals surface area contributed by atoms with E-state index in [1.54, 1.807) is 6.07 Å². The fourth-order valence-electron chi connectivity index (χ4n) is 0.566. The van der Waals surface area contributed by atoms with E-state index in [1.165, 1.54) is 18.5 Å². The first-order chi connectivity index (χ1) is 4.61. The van der Waals surface area contributed by atoms with Crippen LogP contribution in [0.3, 0.4) is 0 Å². The summed E-state index contributed by atoms with van der Waals surface area (Å²) >= 11 is 0. The Morgan fingerprint density at radius 2 is 2.20 bits per heavy atom. The number of sulfone groups is 1. The lowest BCUT2D eigenvalue weighted by Crippen LogP contribution is -1.96. The van der Waals surface area contributed by atoms with E-state index in [0.717, 1.165) is 6.26 Å². The zero-order valence-corrected chi connectivity index (χ0v) is 6.30. The lowest BCUT2D eigenvalue weighted by molar-refractivity contribution is 0.601. The molecule has 1 aromatic rings. The number of aromatic nitrogens is 1. The SMILES string of the molecule is CS(=O)(=O)c1cccnc1. The van der Waals surface area contributed by atoms with Crippen LogP contribution in [0.4, 0.5) is 0 Å². The van der Waals surface area contributed by atoms with Gasteiger partial charge in [0.15, 0.2) is 9.84 Å². The lowest BCUT2D eigenvalue weighted by atomic mass is 10.5. The van der Waals surface area contributed by atoms with Crippen molar-refractivity contribution in [2.24, 2.45) is 0 Å². The molecule has 1 aromatic heterocycles. The van der Waals surface area contributed by atoms with Crippen molar-refractivity contribution in [1.29, 1.82) is 0 Å². The Morgan fingerprint density at radius 1 is 1.50 bits per heavy atom. The van der Waals surface area contributed by atoms with E-state index >= 15 is 0 Å². The Kier molecular flexibility index (Phi) is 1.72. The zero-order chi connectivity index (χ0) is 7.61. The van der Waals surface area contributed by atoms with E-state index in [0.29, 0.717) is 0 Å². The van der Waals surface area contributed by atoms with Crippen LogP contribution in [0.2, 0.25) is 0 Å². The third kappa shape index (κ3) is 1.54. The minimum Gasteiger partial charge on any atom is -0.263 e. The molecule has 10 heavy (non-hydrogen) atoms. The third-order valence-corrected chi connectivity index (χ3v) is 2.16. The molecule has 0 unspecified atom stereocenters. The van der Waals surface area contributed by atoms with Gasteiger partial charge in [-0.15, -0.1) is 0 Å². The topological polar surface area (TPSA) is 47.0 Å². The molecule has 0 saturated heterocycles. The van der Waals surface area contributed by atoms with Crippen molar-refractivity contribution < 1.29 is 8.42 Å². The first kappa shape index (κ1) is 7.21. The summed E-state index contributed by atoms with van der Waals surface area (Å²) in [5.41, 5.74) is 0. The van der Waals surface area contributed by atoms with Crippen LogP contribution in [0.1, 0.15) is 0 Å². The molecule has 0 radical (unpaired) electrons. The van der Waals surface area contributed by atoms with Crippen LogP contribution in [-0.2, 0) is 9.84 Å². The van der Waals surface area contributed by atoms with Crippen molar-refractivity contribution >= 4 is 9.84 Å². The summed E-state index contributed by atoms with van der Waals surface area (Å²) < 4.78 is 21.6. The van der Waals surface area contributed by atoms with Crippen molar-refractivity contribution in [1.82, 2.24) is 4.98 Å². The summed E-state index contributed by atoms with van der Waals surface area (Å²) in [5, 5.41) is 0. The summed E-state index contributed by atoms with van der Waals surface area (Å²) in [6.07, 6.45) is 4.02. The smallest absolute Gasteiger partial charge is 0.177 e. The van der Waals surface area contributed by atoms with Crippen molar-refractivity contribution in [3.05, 3.63) is 24.5 Å². The molecule has 3 nitrogen and oxygen atoms in total. The Balaban J connectivity index is 3.22. The molecule has 0 aliphatic rings. The molecule has 54 valence electrons. The second-order valence-electron chi connectivity index (χ2n) is 1.96. The lowest BCUT2D eigenvalue weighted by Gasteiger charge is -1.92. The number of rotatable bonds is 1. The van der Waals surface area contributed by atoms with Gasteiger partial charge >= 0.3 is 0 Å². The van der Waals surface area contributed by atoms with Gasteiger partial charge in [0, 0.05) is 18.6 Å². The van der Waals surface area contributed by atoms with Crippen molar-refractivity contribution in [2.75, 3.05) is 6.26 Å². The van der Waals surface area contributed by atoms with Gasteiger partial charge in [-0.1, -0.05) is 0 Å². The summed E-state index contributed by atoms with van der Waals surface area (Å²) in [6.45, 7) is 0. The molecule has 0 N–H and O–H groups in total. The van der Waals surface area contributed by atoms with E-state index in [4.69, 9.17) is 0 Å². The fraction of sp³-hybridized carbons (Fsp3) is 0.167. The quantitative estimate of drug-likeness (QED) is 0.596. The highest BCUT2D eigenvalue weighted by molar-refractivity contribution is 7.90. The van der Waals surface area contributed by atoms with Crippen LogP contribution < -0.4 is 0 Å². The average Bonchev–Trinajstić information content (AvgIpc) is 1.88. The maximum absolute atomic E-state index is 10.8. The highest BCUT2D eigenvalue weighted by Gasteiger charge is 2.03. The van der Waals surface area contributed by atoms with Gasteiger partial charge in [-0.05, 0) is 12.1 Å². The van der Waals surface area contributed by atoms with Gasteiger partial charge in [0.1, 0.15) is 0 Å². The second kappa shape index (κ2) is 2.38. The van der Waals surface area contributed by atoms with Crippen LogP contribution in [0.5, 0.6) is 0 Å². The molecular weight excluding hydrogens is 150 g/mol. The molecule has 1 heterocycles. The minimum absolute atomic E-state index is 0.259. The maximum atomic E-state index is 10.8. The summed E-state index contributed by atoms with van der Waals surface area (Å²) in [7, 11) is -3.07. The zero-order valence-electron chi connectivity index (χ0n) is 5.48. The molecular formula is C6H7NO2S. The predicted octanol–water partition coefficient (Wildman–Crippen LogP) is 0.485. The van der Waals surface area contributed by atoms with Crippen LogP contribution >= 0.6 is 0 Å². The molecule has 0 atom stereocenters. The van der Waals surface area contributed by atoms with Gasteiger partial charge in [0.25, 0.3) is 0 Å². The number of nitrogens with zero attached hydrogens (tertiary/aromatic N) is 1. The van der Waals surface area contributed by atoms with Crippen molar-refractivity contribution in [3.63, 3.8) is 0 Å². The minimum atomic E-state index is -3.07. The highest BCUT2D eigenvalue weighted by atomic mass is 32.2. The summed E-state index contributed by atoms with van der Waals surface area (Å²) in [4.78, 5) is 3.93. The Morgan fingerprint density at radius 3 is 2.50 bits per heavy atom. The largest absolute Gasteiger partial charge is 0.263 e. The van der Waals surface area contributed by atoms with Crippen molar-refractivity contribution in [2.45, 2.75) is 4.90 Å². The van der Waals surface area contributed by atoms with Gasteiger partial charge in [-0.25, -0.2) is 8.42 Å². The number of hydrogen-bond donors (Lipinski definition) is 0. The monoisotopic (exact) mass is 157 g/mol. The second-order valence-corrected chi connectivity index (χ2v) is 3.98. The van der Waals surface area contributed by atoms with Crippen LogP contribution in [0, 0.1) is 0 Å². The molecule has 0 saturated carbocycles. The molecule has 0 fully saturated rings.